The van der Waals surface area contributed by atoms with E-state index in [1.54, 1.807) is 6.07 Å². The predicted molar refractivity (Wildman–Crippen MR) is 68.0 cm³/mol. The van der Waals surface area contributed by atoms with Gasteiger partial charge in [0, 0.05) is 25.2 Å². The summed E-state index contributed by atoms with van der Waals surface area (Å²) in [6.45, 7) is 6.46. The minimum atomic E-state index is -0.389. The van der Waals surface area contributed by atoms with Gasteiger partial charge in [-0.15, -0.1) is 0 Å². The molecule has 0 bridgehead atoms. The molecular formula is C13H19FN2O. The molecule has 2 rings (SSSR count). The molecule has 1 aromatic carbocycles. The maximum Gasteiger partial charge on any atom is 0.167 e. The standard InChI is InChI=1S/C13H19FN2O/c1-3-17-13-7-12(11(15)6-10(13)14)16-5-4-9(2)8-16/h6-7,9H,3-5,8,15H2,1-2H3. The number of nitrogen functional groups attached to an aromatic ring is 1. The molecule has 1 heterocycles. The molecule has 0 radical (unpaired) electrons. The molecule has 3 nitrogen and oxygen atoms in total. The molecule has 0 spiro atoms. The first-order valence-electron chi connectivity index (χ1n) is 6.08. The SMILES string of the molecule is CCOc1cc(N2CCC(C)C2)c(N)cc1F. The average Bonchev–Trinajstić information content (AvgIpc) is 2.69. The third-order valence-corrected chi connectivity index (χ3v) is 3.15. The van der Waals surface area contributed by atoms with E-state index in [1.165, 1.54) is 6.07 Å². The number of hydrogen-bond acceptors (Lipinski definition) is 3. The minimum Gasteiger partial charge on any atom is -0.491 e. The maximum absolute atomic E-state index is 13.6. The topological polar surface area (TPSA) is 38.5 Å². The molecule has 1 aliphatic rings. The molecule has 0 amide bonds. The largest absolute Gasteiger partial charge is 0.491 e. The van der Waals surface area contributed by atoms with Crippen molar-refractivity contribution in [2.24, 2.45) is 5.92 Å². The molecule has 1 saturated heterocycles. The van der Waals surface area contributed by atoms with Crippen LogP contribution in [0, 0.1) is 11.7 Å². The second-order valence-corrected chi connectivity index (χ2v) is 4.61. The summed E-state index contributed by atoms with van der Waals surface area (Å²) in [5.74, 6) is 0.562. The van der Waals surface area contributed by atoms with E-state index in [-0.39, 0.29) is 11.6 Å². The van der Waals surface area contributed by atoms with E-state index in [1.807, 2.05) is 6.92 Å². The van der Waals surface area contributed by atoms with Gasteiger partial charge in [0.25, 0.3) is 0 Å². The van der Waals surface area contributed by atoms with Crippen molar-refractivity contribution in [1.82, 2.24) is 0 Å². The molecule has 1 unspecified atom stereocenters. The summed E-state index contributed by atoms with van der Waals surface area (Å²) in [6, 6.07) is 3.06. The van der Waals surface area contributed by atoms with E-state index >= 15 is 0 Å². The van der Waals surface area contributed by atoms with Crippen LogP contribution in [-0.2, 0) is 0 Å². The van der Waals surface area contributed by atoms with Gasteiger partial charge in [0.05, 0.1) is 18.0 Å². The Hall–Kier alpha value is -1.45. The summed E-state index contributed by atoms with van der Waals surface area (Å²) in [6.07, 6.45) is 1.15. The second kappa shape index (κ2) is 4.82. The zero-order valence-electron chi connectivity index (χ0n) is 10.4. The molecule has 17 heavy (non-hydrogen) atoms. The van der Waals surface area contributed by atoms with Gasteiger partial charge in [0.15, 0.2) is 11.6 Å². The highest BCUT2D eigenvalue weighted by Crippen LogP contribution is 2.34. The number of hydrogen-bond donors (Lipinski definition) is 1. The quantitative estimate of drug-likeness (QED) is 0.823. The average molecular weight is 238 g/mol. The van der Waals surface area contributed by atoms with Crippen molar-refractivity contribution < 1.29 is 9.13 Å². The van der Waals surface area contributed by atoms with Gasteiger partial charge >= 0.3 is 0 Å². The summed E-state index contributed by atoms with van der Waals surface area (Å²) < 4.78 is 18.8. The van der Waals surface area contributed by atoms with Crippen molar-refractivity contribution in [3.63, 3.8) is 0 Å². The van der Waals surface area contributed by atoms with Gasteiger partial charge in [-0.2, -0.15) is 0 Å². The van der Waals surface area contributed by atoms with E-state index in [0.29, 0.717) is 18.2 Å². The number of nitrogens with two attached hydrogens (primary N) is 1. The van der Waals surface area contributed by atoms with E-state index in [9.17, 15) is 4.39 Å². The van der Waals surface area contributed by atoms with Gasteiger partial charge in [-0.05, 0) is 19.3 Å². The zero-order valence-corrected chi connectivity index (χ0v) is 10.4. The van der Waals surface area contributed by atoms with Gasteiger partial charge in [0.1, 0.15) is 0 Å². The van der Waals surface area contributed by atoms with Crippen molar-refractivity contribution in [2.75, 3.05) is 30.3 Å². The lowest BCUT2D eigenvalue weighted by Crippen LogP contribution is -2.20. The van der Waals surface area contributed by atoms with E-state index in [2.05, 4.69) is 11.8 Å². The lowest BCUT2D eigenvalue weighted by Gasteiger charge is -2.21. The summed E-state index contributed by atoms with van der Waals surface area (Å²) in [4.78, 5) is 2.20. The van der Waals surface area contributed by atoms with Crippen molar-refractivity contribution in [3.05, 3.63) is 17.9 Å². The van der Waals surface area contributed by atoms with E-state index in [0.717, 1.165) is 25.2 Å². The molecule has 0 aliphatic carbocycles. The monoisotopic (exact) mass is 238 g/mol. The molecule has 0 saturated carbocycles. The minimum absolute atomic E-state index is 0.288. The number of anilines is 2. The van der Waals surface area contributed by atoms with Crippen LogP contribution in [0.1, 0.15) is 20.3 Å². The fraction of sp³-hybridized carbons (Fsp3) is 0.538. The molecule has 1 aromatic rings. The Bertz CT molecular complexity index is 409. The van der Waals surface area contributed by atoms with E-state index in [4.69, 9.17) is 10.5 Å². The summed E-state index contributed by atoms with van der Waals surface area (Å²) in [7, 11) is 0. The second-order valence-electron chi connectivity index (χ2n) is 4.61. The maximum atomic E-state index is 13.6. The predicted octanol–water partition coefficient (Wildman–Crippen LogP) is 2.65. The van der Waals surface area contributed by atoms with Crippen LogP contribution in [0.25, 0.3) is 0 Å². The Morgan fingerprint density at radius 3 is 2.88 bits per heavy atom. The molecule has 2 N–H and O–H groups in total. The van der Waals surface area contributed by atoms with Crippen LogP contribution < -0.4 is 15.4 Å². The molecule has 4 heteroatoms. The Balaban J connectivity index is 2.29. The van der Waals surface area contributed by atoms with Crippen LogP contribution in [0.4, 0.5) is 15.8 Å². The number of benzene rings is 1. The van der Waals surface area contributed by atoms with Crippen LogP contribution in [0.5, 0.6) is 5.75 Å². The number of ether oxygens (including phenoxy) is 1. The molecule has 1 aliphatic heterocycles. The lowest BCUT2D eigenvalue weighted by atomic mass is 10.2. The van der Waals surface area contributed by atoms with Gasteiger partial charge in [0.2, 0.25) is 0 Å². The number of nitrogens with zero attached hydrogens (tertiary/aromatic N) is 1. The highest BCUT2D eigenvalue weighted by Gasteiger charge is 2.22. The summed E-state index contributed by atoms with van der Waals surface area (Å²) in [5, 5.41) is 0. The van der Waals surface area contributed by atoms with E-state index < -0.39 is 0 Å². The molecule has 1 fully saturated rings. The lowest BCUT2D eigenvalue weighted by molar-refractivity contribution is 0.322. The van der Waals surface area contributed by atoms with Crippen LogP contribution in [0.2, 0.25) is 0 Å². The Morgan fingerprint density at radius 2 is 2.29 bits per heavy atom. The van der Waals surface area contributed by atoms with Crippen LogP contribution in [0.15, 0.2) is 12.1 Å². The highest BCUT2D eigenvalue weighted by molar-refractivity contribution is 5.70. The van der Waals surface area contributed by atoms with Gasteiger partial charge < -0.3 is 15.4 Å². The highest BCUT2D eigenvalue weighted by atomic mass is 19.1. The van der Waals surface area contributed by atoms with Crippen LogP contribution >= 0.6 is 0 Å². The van der Waals surface area contributed by atoms with Gasteiger partial charge in [-0.1, -0.05) is 6.92 Å². The van der Waals surface area contributed by atoms with Crippen molar-refractivity contribution in [2.45, 2.75) is 20.3 Å². The molecule has 0 aromatic heterocycles. The molecular weight excluding hydrogens is 219 g/mol. The Kier molecular flexibility index (Phi) is 3.41. The molecule has 94 valence electrons. The third-order valence-electron chi connectivity index (χ3n) is 3.15. The fourth-order valence-electron chi connectivity index (χ4n) is 2.25. The third kappa shape index (κ3) is 2.46. The van der Waals surface area contributed by atoms with Crippen LogP contribution in [0.3, 0.4) is 0 Å². The normalized spacial score (nSPS) is 19.7. The van der Waals surface area contributed by atoms with Crippen LogP contribution in [-0.4, -0.2) is 19.7 Å². The summed E-state index contributed by atoms with van der Waals surface area (Å²) in [5.41, 5.74) is 7.25. The summed E-state index contributed by atoms with van der Waals surface area (Å²) >= 11 is 0. The first kappa shape index (κ1) is 12.0. The first-order valence-corrected chi connectivity index (χ1v) is 6.08. The van der Waals surface area contributed by atoms with Crippen molar-refractivity contribution >= 4 is 11.4 Å². The van der Waals surface area contributed by atoms with Crippen molar-refractivity contribution in [3.8, 4) is 5.75 Å². The fourth-order valence-corrected chi connectivity index (χ4v) is 2.25. The van der Waals surface area contributed by atoms with Gasteiger partial charge in [-0.25, -0.2) is 4.39 Å². The van der Waals surface area contributed by atoms with Crippen molar-refractivity contribution in [1.29, 1.82) is 0 Å². The van der Waals surface area contributed by atoms with Gasteiger partial charge in [-0.3, -0.25) is 0 Å². The molecule has 1 atom stereocenters. The number of rotatable bonds is 3. The Morgan fingerprint density at radius 1 is 1.53 bits per heavy atom. The Labute approximate surface area is 101 Å². The smallest absolute Gasteiger partial charge is 0.167 e. The zero-order chi connectivity index (χ0) is 12.4. The number of halogens is 1. The first-order chi connectivity index (χ1) is 8.11.